The second-order valence-electron chi connectivity index (χ2n) is 4.38. The van der Waals surface area contributed by atoms with Gasteiger partial charge in [0.1, 0.15) is 0 Å². The minimum absolute atomic E-state index is 0.769. The summed E-state index contributed by atoms with van der Waals surface area (Å²) < 4.78 is 1.88. The van der Waals surface area contributed by atoms with Crippen molar-refractivity contribution in [2.45, 2.75) is 6.42 Å². The third kappa shape index (κ3) is 1.20. The van der Waals surface area contributed by atoms with E-state index in [-0.39, 0.29) is 0 Å². The smallest absolute Gasteiger partial charge is 0.0564 e. The molecule has 1 saturated heterocycles. The lowest BCUT2D eigenvalue weighted by Crippen LogP contribution is -2.09. The summed E-state index contributed by atoms with van der Waals surface area (Å²) in [6.07, 6.45) is 7.74. The molecule has 1 fully saturated rings. The minimum atomic E-state index is 0.769. The number of nitrogens with one attached hydrogen (secondary N) is 1. The van der Waals surface area contributed by atoms with Gasteiger partial charge in [-0.05, 0) is 30.4 Å². The van der Waals surface area contributed by atoms with Crippen molar-refractivity contribution in [3.63, 3.8) is 0 Å². The van der Waals surface area contributed by atoms with Gasteiger partial charge in [0.05, 0.1) is 6.20 Å². The van der Waals surface area contributed by atoms with Crippen molar-refractivity contribution in [1.29, 1.82) is 0 Å². The molecule has 0 bridgehead atoms. The highest BCUT2D eigenvalue weighted by Gasteiger charge is 2.31. The highest BCUT2D eigenvalue weighted by atomic mass is 15.2. The molecule has 14 heavy (non-hydrogen) atoms. The molecular formula is C11H15N3. The Labute approximate surface area is 83.8 Å². The number of aryl methyl sites for hydroxylation is 1. The molecule has 1 aliphatic heterocycles. The molecule has 1 aliphatic carbocycles. The molecule has 0 spiro atoms. The lowest BCUT2D eigenvalue weighted by atomic mass is 9.99. The van der Waals surface area contributed by atoms with Crippen molar-refractivity contribution in [3.05, 3.63) is 24.0 Å². The molecule has 3 rings (SSSR count). The van der Waals surface area contributed by atoms with Gasteiger partial charge in [-0.15, -0.1) is 0 Å². The third-order valence-electron chi connectivity index (χ3n) is 3.37. The van der Waals surface area contributed by atoms with Crippen molar-refractivity contribution in [2.24, 2.45) is 18.9 Å². The Morgan fingerprint density at radius 3 is 3.14 bits per heavy atom. The fraction of sp³-hybridized carbons (Fsp3) is 0.545. The summed E-state index contributed by atoms with van der Waals surface area (Å²) in [4.78, 5) is 0. The quantitative estimate of drug-likeness (QED) is 0.715. The highest BCUT2D eigenvalue weighted by Crippen LogP contribution is 2.37. The van der Waals surface area contributed by atoms with E-state index in [0.717, 1.165) is 18.4 Å². The Morgan fingerprint density at radius 1 is 1.50 bits per heavy atom. The largest absolute Gasteiger partial charge is 0.316 e. The van der Waals surface area contributed by atoms with Crippen molar-refractivity contribution in [1.82, 2.24) is 15.1 Å². The van der Waals surface area contributed by atoms with E-state index in [4.69, 9.17) is 0 Å². The van der Waals surface area contributed by atoms with Crippen LogP contribution >= 0.6 is 0 Å². The summed E-state index contributed by atoms with van der Waals surface area (Å²) in [5.41, 5.74) is 2.80. The number of aromatic nitrogens is 2. The van der Waals surface area contributed by atoms with Gasteiger partial charge in [0.15, 0.2) is 0 Å². The SMILES string of the molecule is Cn1cc(C2=CC3CNCC3C2)cn1. The Kier molecular flexibility index (Phi) is 1.74. The van der Waals surface area contributed by atoms with Crippen LogP contribution in [0.5, 0.6) is 0 Å². The molecule has 1 aromatic heterocycles. The summed E-state index contributed by atoms with van der Waals surface area (Å²) in [5, 5.41) is 7.65. The fourth-order valence-corrected chi connectivity index (χ4v) is 2.58. The molecular weight excluding hydrogens is 174 g/mol. The van der Waals surface area contributed by atoms with Crippen LogP contribution in [0.25, 0.3) is 5.57 Å². The van der Waals surface area contributed by atoms with Gasteiger partial charge in [-0.25, -0.2) is 0 Å². The lowest BCUT2D eigenvalue weighted by molar-refractivity contribution is 0.536. The fourth-order valence-electron chi connectivity index (χ4n) is 2.58. The summed E-state index contributed by atoms with van der Waals surface area (Å²) in [6, 6.07) is 0. The number of rotatable bonds is 1. The predicted molar refractivity (Wildman–Crippen MR) is 55.7 cm³/mol. The molecule has 2 heterocycles. The number of hydrogen-bond acceptors (Lipinski definition) is 2. The van der Waals surface area contributed by atoms with Crippen molar-refractivity contribution >= 4 is 5.57 Å². The van der Waals surface area contributed by atoms with Crippen LogP contribution in [0.4, 0.5) is 0 Å². The molecule has 3 heteroatoms. The van der Waals surface area contributed by atoms with Crippen LogP contribution < -0.4 is 5.32 Å². The maximum absolute atomic E-state index is 4.22. The van der Waals surface area contributed by atoms with Gasteiger partial charge in [-0.3, -0.25) is 4.68 Å². The Morgan fingerprint density at radius 2 is 2.43 bits per heavy atom. The van der Waals surface area contributed by atoms with Crippen molar-refractivity contribution in [3.8, 4) is 0 Å². The van der Waals surface area contributed by atoms with Crippen LogP contribution in [0.2, 0.25) is 0 Å². The molecule has 1 N–H and O–H groups in total. The van der Waals surface area contributed by atoms with Gasteiger partial charge >= 0.3 is 0 Å². The van der Waals surface area contributed by atoms with Gasteiger partial charge in [0.2, 0.25) is 0 Å². The summed E-state index contributed by atoms with van der Waals surface area (Å²) >= 11 is 0. The maximum atomic E-state index is 4.22. The molecule has 2 aliphatic rings. The maximum Gasteiger partial charge on any atom is 0.0564 e. The molecule has 0 amide bonds. The molecule has 0 aromatic carbocycles. The first-order valence-electron chi connectivity index (χ1n) is 5.23. The van der Waals surface area contributed by atoms with Crippen molar-refractivity contribution < 1.29 is 0 Å². The van der Waals surface area contributed by atoms with Gasteiger partial charge < -0.3 is 5.32 Å². The Bertz CT molecular complexity index is 378. The zero-order valence-electron chi connectivity index (χ0n) is 8.40. The molecule has 1 aromatic rings. The summed E-state index contributed by atoms with van der Waals surface area (Å²) in [6.45, 7) is 2.35. The van der Waals surface area contributed by atoms with E-state index in [0.29, 0.717) is 0 Å². The molecule has 0 saturated carbocycles. The molecule has 3 nitrogen and oxygen atoms in total. The average molecular weight is 189 g/mol. The van der Waals surface area contributed by atoms with E-state index in [9.17, 15) is 0 Å². The number of allylic oxidation sites excluding steroid dienone is 1. The standard InChI is InChI=1S/C11H15N3/c1-14-7-11(6-13-14)8-2-9-4-12-5-10(9)3-8/h2,6-7,9-10,12H,3-5H2,1H3. The Balaban J connectivity index is 1.87. The van der Waals surface area contributed by atoms with E-state index in [1.54, 1.807) is 0 Å². The number of hydrogen-bond donors (Lipinski definition) is 1. The van der Waals surface area contributed by atoms with Gasteiger partial charge in [-0.1, -0.05) is 6.08 Å². The van der Waals surface area contributed by atoms with Crippen LogP contribution in [0.1, 0.15) is 12.0 Å². The Hall–Kier alpha value is -1.09. The first kappa shape index (κ1) is 8.24. The van der Waals surface area contributed by atoms with Gasteiger partial charge in [0.25, 0.3) is 0 Å². The lowest BCUT2D eigenvalue weighted by Gasteiger charge is -2.04. The summed E-state index contributed by atoms with van der Waals surface area (Å²) in [7, 11) is 1.97. The van der Waals surface area contributed by atoms with Crippen molar-refractivity contribution in [2.75, 3.05) is 13.1 Å². The van der Waals surface area contributed by atoms with Gasteiger partial charge in [-0.2, -0.15) is 5.10 Å². The molecule has 0 radical (unpaired) electrons. The first-order chi connectivity index (χ1) is 6.83. The van der Waals surface area contributed by atoms with Gasteiger partial charge in [0, 0.05) is 25.4 Å². The zero-order chi connectivity index (χ0) is 9.54. The average Bonchev–Trinajstić information content (AvgIpc) is 2.75. The molecule has 2 atom stereocenters. The van der Waals surface area contributed by atoms with Crippen LogP contribution in [0, 0.1) is 11.8 Å². The van der Waals surface area contributed by atoms with E-state index in [1.807, 2.05) is 17.9 Å². The van der Waals surface area contributed by atoms with E-state index in [1.165, 1.54) is 24.1 Å². The van der Waals surface area contributed by atoms with E-state index < -0.39 is 0 Å². The van der Waals surface area contributed by atoms with Crippen LogP contribution in [-0.4, -0.2) is 22.9 Å². The van der Waals surface area contributed by atoms with Crippen LogP contribution in [0.15, 0.2) is 18.5 Å². The third-order valence-corrected chi connectivity index (χ3v) is 3.37. The second-order valence-corrected chi connectivity index (χ2v) is 4.38. The predicted octanol–water partition coefficient (Wildman–Crippen LogP) is 1.04. The number of fused-ring (bicyclic) bond motifs is 1. The first-order valence-corrected chi connectivity index (χ1v) is 5.23. The topological polar surface area (TPSA) is 29.9 Å². The van der Waals surface area contributed by atoms with Crippen LogP contribution in [-0.2, 0) is 7.05 Å². The number of nitrogens with zero attached hydrogens (tertiary/aromatic N) is 2. The summed E-state index contributed by atoms with van der Waals surface area (Å²) in [5.74, 6) is 1.61. The highest BCUT2D eigenvalue weighted by molar-refractivity contribution is 5.67. The van der Waals surface area contributed by atoms with E-state index >= 15 is 0 Å². The monoisotopic (exact) mass is 189 g/mol. The van der Waals surface area contributed by atoms with E-state index in [2.05, 4.69) is 22.7 Å². The molecule has 2 unspecified atom stereocenters. The zero-order valence-corrected chi connectivity index (χ0v) is 8.40. The van der Waals surface area contributed by atoms with Crippen LogP contribution in [0.3, 0.4) is 0 Å². The normalized spacial score (nSPS) is 30.5. The second kappa shape index (κ2) is 2.95. The molecule has 74 valence electrons. The minimum Gasteiger partial charge on any atom is -0.316 e.